The second kappa shape index (κ2) is 45.4. The zero-order valence-corrected chi connectivity index (χ0v) is 41.4. The van der Waals surface area contributed by atoms with E-state index in [9.17, 15) is 9.59 Å². The molecule has 0 saturated carbocycles. The van der Waals surface area contributed by atoms with Crippen LogP contribution in [0.4, 0.5) is 0 Å². The van der Waals surface area contributed by atoms with Crippen LogP contribution in [-0.4, -0.2) is 69.2 Å². The highest BCUT2D eigenvalue weighted by molar-refractivity contribution is 5.69. The van der Waals surface area contributed by atoms with Crippen molar-refractivity contribution in [1.29, 1.82) is 0 Å². The summed E-state index contributed by atoms with van der Waals surface area (Å²) in [5, 5.41) is 0. The lowest BCUT2D eigenvalue weighted by Gasteiger charge is -2.19. The molecular formula is C54H105NO6. The van der Waals surface area contributed by atoms with E-state index in [1.165, 1.54) is 193 Å². The predicted octanol–water partition coefficient (Wildman–Crippen LogP) is 15.9. The minimum Gasteiger partial charge on any atom is -0.466 e. The molecule has 1 aliphatic heterocycles. The molecule has 0 unspecified atom stereocenters. The molecule has 0 N–H and O–H groups in total. The summed E-state index contributed by atoms with van der Waals surface area (Å²) in [6.45, 7) is 14.9. The Morgan fingerprint density at radius 3 is 1.18 bits per heavy atom. The van der Waals surface area contributed by atoms with Gasteiger partial charge in [0, 0.05) is 19.4 Å². The first-order valence-electron chi connectivity index (χ1n) is 27.2. The summed E-state index contributed by atoms with van der Waals surface area (Å²) in [4.78, 5) is 27.2. The molecule has 1 rings (SSSR count). The third-order valence-corrected chi connectivity index (χ3v) is 13.4. The maximum atomic E-state index is 12.4. The van der Waals surface area contributed by atoms with Crippen molar-refractivity contribution in [3.8, 4) is 0 Å². The van der Waals surface area contributed by atoms with E-state index in [1.807, 2.05) is 0 Å². The molecule has 0 amide bonds. The minimum absolute atomic E-state index is 0.00518. The molecule has 362 valence electrons. The highest BCUT2D eigenvalue weighted by Gasteiger charge is 2.14. The second-order valence-electron chi connectivity index (χ2n) is 19.1. The first-order chi connectivity index (χ1) is 30.0. The molecule has 0 aromatic carbocycles. The third kappa shape index (κ3) is 39.0. The smallest absolute Gasteiger partial charge is 0.305 e. The maximum absolute atomic E-state index is 12.4. The van der Waals surface area contributed by atoms with Crippen molar-refractivity contribution in [1.82, 2.24) is 4.90 Å². The van der Waals surface area contributed by atoms with Crippen LogP contribution in [-0.2, 0) is 28.5 Å². The molecule has 0 aromatic heterocycles. The standard InChI is InChI=1S/C54H105NO6/c1-5-9-23-33-50(34-24-10-6-2)41-46-59-53(56)39-29-21-17-13-15-19-27-37-52(61-49-58-48-45-55-43-31-32-44-55)38-28-20-16-14-18-22-30-40-54(57)60-47-42-51(35-25-11-7-3)36-26-12-8-4/h50-52H,5-49H2,1-4H3. The first kappa shape index (κ1) is 57.8. The van der Waals surface area contributed by atoms with Crippen LogP contribution in [0.1, 0.15) is 272 Å². The summed E-state index contributed by atoms with van der Waals surface area (Å²) in [7, 11) is 0. The van der Waals surface area contributed by atoms with Crippen LogP contribution in [0.25, 0.3) is 0 Å². The topological polar surface area (TPSA) is 74.3 Å². The number of rotatable bonds is 48. The van der Waals surface area contributed by atoms with Crippen LogP contribution in [0.15, 0.2) is 0 Å². The summed E-state index contributed by atoms with van der Waals surface area (Å²) in [5.74, 6) is 1.45. The SMILES string of the molecule is CCCCCC(CCCCC)CCOC(=O)CCCCCCCCCC(CCCCCCCCCC(=O)OCCC(CCCCC)CCCCC)OCOCCN1CCCC1. The molecule has 1 heterocycles. The van der Waals surface area contributed by atoms with E-state index < -0.39 is 0 Å². The highest BCUT2D eigenvalue weighted by Crippen LogP contribution is 2.23. The number of unbranched alkanes of at least 4 members (excludes halogenated alkanes) is 20. The van der Waals surface area contributed by atoms with E-state index in [0.29, 0.717) is 32.8 Å². The third-order valence-electron chi connectivity index (χ3n) is 13.4. The second-order valence-corrected chi connectivity index (χ2v) is 19.1. The van der Waals surface area contributed by atoms with Gasteiger partial charge in [-0.1, -0.05) is 207 Å². The number of esters is 2. The Bertz CT molecular complexity index is 845. The molecule has 0 bridgehead atoms. The van der Waals surface area contributed by atoms with Gasteiger partial charge in [0.25, 0.3) is 0 Å². The molecule has 1 saturated heterocycles. The zero-order chi connectivity index (χ0) is 44.1. The quantitative estimate of drug-likeness (QED) is 0.0343. The lowest BCUT2D eigenvalue weighted by atomic mass is 9.92. The van der Waals surface area contributed by atoms with Crippen LogP contribution in [0, 0.1) is 11.8 Å². The Kier molecular flexibility index (Phi) is 43.0. The molecule has 61 heavy (non-hydrogen) atoms. The summed E-state index contributed by atoms with van der Waals surface area (Å²) >= 11 is 0. The highest BCUT2D eigenvalue weighted by atomic mass is 16.7. The molecule has 7 heteroatoms. The van der Waals surface area contributed by atoms with Crippen molar-refractivity contribution >= 4 is 11.9 Å². The van der Waals surface area contributed by atoms with Gasteiger partial charge >= 0.3 is 11.9 Å². The van der Waals surface area contributed by atoms with Crippen molar-refractivity contribution in [2.24, 2.45) is 11.8 Å². The van der Waals surface area contributed by atoms with Gasteiger partial charge in [0.15, 0.2) is 0 Å². The van der Waals surface area contributed by atoms with Crippen molar-refractivity contribution in [2.45, 2.75) is 278 Å². The van der Waals surface area contributed by atoms with Crippen LogP contribution < -0.4 is 0 Å². The number of nitrogens with zero attached hydrogens (tertiary/aromatic N) is 1. The van der Waals surface area contributed by atoms with E-state index in [4.69, 9.17) is 18.9 Å². The van der Waals surface area contributed by atoms with Gasteiger partial charge in [-0.25, -0.2) is 0 Å². The lowest BCUT2D eigenvalue weighted by molar-refractivity contribution is -0.145. The van der Waals surface area contributed by atoms with Gasteiger partial charge in [-0.05, 0) is 76.3 Å². The Morgan fingerprint density at radius 2 is 0.787 bits per heavy atom. The van der Waals surface area contributed by atoms with Gasteiger partial charge in [-0.3, -0.25) is 9.59 Å². The fraction of sp³-hybridized carbons (Fsp3) is 0.963. The van der Waals surface area contributed by atoms with Crippen LogP contribution in [0.3, 0.4) is 0 Å². The molecule has 1 aliphatic rings. The zero-order valence-electron chi connectivity index (χ0n) is 41.4. The van der Waals surface area contributed by atoms with E-state index in [-0.39, 0.29) is 18.0 Å². The van der Waals surface area contributed by atoms with Crippen LogP contribution in [0.5, 0.6) is 0 Å². The largest absolute Gasteiger partial charge is 0.466 e. The van der Waals surface area contributed by atoms with Gasteiger partial charge in [-0.2, -0.15) is 0 Å². The number of carbonyl (C=O) groups is 2. The average molecular weight is 864 g/mol. The maximum Gasteiger partial charge on any atom is 0.305 e. The van der Waals surface area contributed by atoms with Crippen molar-refractivity contribution in [2.75, 3.05) is 46.2 Å². The molecular weight excluding hydrogens is 759 g/mol. The fourth-order valence-electron chi connectivity index (χ4n) is 9.19. The van der Waals surface area contributed by atoms with Crippen LogP contribution in [0.2, 0.25) is 0 Å². The molecule has 0 aliphatic carbocycles. The minimum atomic E-state index is 0.00518. The predicted molar refractivity (Wildman–Crippen MR) is 259 cm³/mol. The Labute approximate surface area is 380 Å². The summed E-state index contributed by atoms with van der Waals surface area (Å²) in [5.41, 5.74) is 0. The fourth-order valence-corrected chi connectivity index (χ4v) is 9.19. The van der Waals surface area contributed by atoms with Crippen molar-refractivity contribution in [3.05, 3.63) is 0 Å². The molecule has 7 nitrogen and oxygen atoms in total. The summed E-state index contributed by atoms with van der Waals surface area (Å²) in [6.07, 6.45) is 45.7. The molecule has 0 aromatic rings. The molecule has 0 radical (unpaired) electrons. The average Bonchev–Trinajstić information content (AvgIpc) is 3.78. The van der Waals surface area contributed by atoms with Crippen LogP contribution >= 0.6 is 0 Å². The summed E-state index contributed by atoms with van der Waals surface area (Å²) in [6, 6.07) is 0. The first-order valence-corrected chi connectivity index (χ1v) is 27.2. The van der Waals surface area contributed by atoms with Gasteiger partial charge < -0.3 is 23.8 Å². The van der Waals surface area contributed by atoms with E-state index >= 15 is 0 Å². The Morgan fingerprint density at radius 1 is 0.426 bits per heavy atom. The number of carbonyl (C=O) groups excluding carboxylic acids is 2. The number of hydrogen-bond donors (Lipinski definition) is 0. The van der Waals surface area contributed by atoms with Crippen molar-refractivity contribution in [3.63, 3.8) is 0 Å². The normalized spacial score (nSPS) is 13.4. The Hall–Kier alpha value is -1.18. The van der Waals surface area contributed by atoms with E-state index in [2.05, 4.69) is 32.6 Å². The summed E-state index contributed by atoms with van der Waals surface area (Å²) < 4.78 is 23.6. The lowest BCUT2D eigenvalue weighted by Crippen LogP contribution is -2.25. The number of hydrogen-bond acceptors (Lipinski definition) is 7. The monoisotopic (exact) mass is 864 g/mol. The Balaban J connectivity index is 2.18. The number of ether oxygens (including phenoxy) is 4. The van der Waals surface area contributed by atoms with Gasteiger partial charge in [0.1, 0.15) is 6.79 Å². The molecule has 1 fully saturated rings. The van der Waals surface area contributed by atoms with Gasteiger partial charge in [0.05, 0.1) is 25.9 Å². The molecule has 0 spiro atoms. The molecule has 0 atom stereocenters. The van der Waals surface area contributed by atoms with E-state index in [1.54, 1.807) is 0 Å². The number of likely N-dealkylation sites (tertiary alicyclic amines) is 1. The van der Waals surface area contributed by atoms with E-state index in [0.717, 1.165) is 76.4 Å². The van der Waals surface area contributed by atoms with Gasteiger partial charge in [-0.15, -0.1) is 0 Å². The van der Waals surface area contributed by atoms with Gasteiger partial charge in [0.2, 0.25) is 0 Å². The van der Waals surface area contributed by atoms with Crippen molar-refractivity contribution < 1.29 is 28.5 Å².